The molecule has 2 aromatic carbocycles. The maximum atomic E-state index is 12.6. The van der Waals surface area contributed by atoms with Gasteiger partial charge in [-0.3, -0.25) is 4.99 Å². The number of alkyl halides is 2. The first-order valence-corrected chi connectivity index (χ1v) is 10.6. The summed E-state index contributed by atoms with van der Waals surface area (Å²) in [6, 6.07) is 11.6. The van der Waals surface area contributed by atoms with Crippen molar-refractivity contribution < 1.29 is 21.9 Å². The number of ether oxygens (including phenoxy) is 1. The van der Waals surface area contributed by atoms with Crippen molar-refractivity contribution in [1.82, 2.24) is 14.9 Å². The fourth-order valence-corrected chi connectivity index (χ4v) is 3.85. The van der Waals surface area contributed by atoms with Crippen LogP contribution in [0.25, 0.3) is 0 Å². The minimum Gasteiger partial charge on any atom is -0.434 e. The number of hydrogen-bond acceptors (Lipinski definition) is 4. The van der Waals surface area contributed by atoms with Gasteiger partial charge in [0.25, 0.3) is 0 Å². The zero-order chi connectivity index (χ0) is 22.3. The molecular formula is C20H27F2IN4O3S. The zero-order valence-corrected chi connectivity index (χ0v) is 20.9. The maximum absolute atomic E-state index is 12.6. The van der Waals surface area contributed by atoms with Gasteiger partial charge in [-0.1, -0.05) is 35.9 Å². The summed E-state index contributed by atoms with van der Waals surface area (Å²) in [5.74, 6) is 0.470. The second kappa shape index (κ2) is 12.2. The highest BCUT2D eigenvalue weighted by atomic mass is 127. The molecule has 0 aromatic heterocycles. The van der Waals surface area contributed by atoms with Gasteiger partial charge < -0.3 is 15.4 Å². The van der Waals surface area contributed by atoms with Crippen molar-refractivity contribution in [2.24, 2.45) is 4.99 Å². The second-order valence-corrected chi connectivity index (χ2v) is 8.78. The topological polar surface area (TPSA) is 83.0 Å². The van der Waals surface area contributed by atoms with Crippen LogP contribution in [0, 0.1) is 6.92 Å². The van der Waals surface area contributed by atoms with Crippen molar-refractivity contribution in [2.75, 3.05) is 21.1 Å². The van der Waals surface area contributed by atoms with Gasteiger partial charge in [0, 0.05) is 39.8 Å². The van der Waals surface area contributed by atoms with Gasteiger partial charge in [-0.25, -0.2) is 12.7 Å². The normalized spacial score (nSPS) is 11.9. The molecule has 0 radical (unpaired) electrons. The second-order valence-electron chi connectivity index (χ2n) is 6.66. The number of hydrogen-bond donors (Lipinski definition) is 2. The van der Waals surface area contributed by atoms with Crippen molar-refractivity contribution in [3.63, 3.8) is 0 Å². The molecule has 31 heavy (non-hydrogen) atoms. The van der Waals surface area contributed by atoms with E-state index in [4.69, 9.17) is 0 Å². The minimum atomic E-state index is -3.59. The highest BCUT2D eigenvalue weighted by Crippen LogP contribution is 2.22. The highest BCUT2D eigenvalue weighted by Gasteiger charge is 2.20. The lowest BCUT2D eigenvalue weighted by molar-refractivity contribution is -0.0504. The lowest BCUT2D eigenvalue weighted by atomic mass is 10.1. The first kappa shape index (κ1) is 27.0. The molecule has 0 aliphatic rings. The summed E-state index contributed by atoms with van der Waals surface area (Å²) in [6.07, 6.45) is 0. The summed E-state index contributed by atoms with van der Waals surface area (Å²) < 4.78 is 56.0. The van der Waals surface area contributed by atoms with E-state index in [-0.39, 0.29) is 47.7 Å². The predicted octanol–water partition coefficient (Wildman–Crippen LogP) is 3.33. The molecule has 2 aromatic rings. The van der Waals surface area contributed by atoms with Crippen LogP contribution in [0.3, 0.4) is 0 Å². The number of halogens is 3. The Morgan fingerprint density at radius 1 is 1.10 bits per heavy atom. The van der Waals surface area contributed by atoms with E-state index in [0.29, 0.717) is 17.1 Å². The first-order chi connectivity index (χ1) is 14.1. The number of nitrogens with zero attached hydrogens (tertiary/aromatic N) is 2. The number of aryl methyl sites for hydroxylation is 1. The molecule has 0 aliphatic carbocycles. The summed E-state index contributed by atoms with van der Waals surface area (Å²) in [5.41, 5.74) is 2.03. The van der Waals surface area contributed by atoms with Crippen LogP contribution in [-0.2, 0) is 23.1 Å². The van der Waals surface area contributed by atoms with Gasteiger partial charge in [0.1, 0.15) is 5.75 Å². The summed E-state index contributed by atoms with van der Waals surface area (Å²) in [6.45, 7) is -0.665. The average Bonchev–Trinajstić information content (AvgIpc) is 2.69. The fraction of sp³-hybridized carbons (Fsp3) is 0.350. The monoisotopic (exact) mass is 568 g/mol. The number of nitrogens with one attached hydrogen (secondary N) is 2. The lowest BCUT2D eigenvalue weighted by Crippen LogP contribution is -2.37. The molecule has 0 heterocycles. The van der Waals surface area contributed by atoms with Crippen LogP contribution in [0.4, 0.5) is 8.78 Å². The summed E-state index contributed by atoms with van der Waals surface area (Å²) >= 11 is 0. The van der Waals surface area contributed by atoms with E-state index in [1.165, 1.54) is 20.2 Å². The number of benzene rings is 2. The summed E-state index contributed by atoms with van der Waals surface area (Å²) in [5, 5.41) is 6.08. The first-order valence-electron chi connectivity index (χ1n) is 9.14. The van der Waals surface area contributed by atoms with Gasteiger partial charge in [0.2, 0.25) is 10.0 Å². The average molecular weight is 568 g/mol. The van der Waals surface area contributed by atoms with E-state index >= 15 is 0 Å². The molecule has 0 saturated heterocycles. The molecule has 0 amide bonds. The Labute approximate surface area is 199 Å². The van der Waals surface area contributed by atoms with Gasteiger partial charge in [-0.2, -0.15) is 8.78 Å². The van der Waals surface area contributed by atoms with Crippen molar-refractivity contribution >= 4 is 40.0 Å². The molecule has 0 aliphatic heterocycles. The Morgan fingerprint density at radius 3 is 2.29 bits per heavy atom. The molecule has 0 spiro atoms. The zero-order valence-electron chi connectivity index (χ0n) is 17.7. The van der Waals surface area contributed by atoms with Crippen molar-refractivity contribution in [3.05, 3.63) is 59.2 Å². The van der Waals surface area contributed by atoms with E-state index in [0.717, 1.165) is 9.87 Å². The molecule has 0 saturated carbocycles. The van der Waals surface area contributed by atoms with Crippen molar-refractivity contribution in [2.45, 2.75) is 31.5 Å². The maximum Gasteiger partial charge on any atom is 0.387 e. The van der Waals surface area contributed by atoms with Gasteiger partial charge >= 0.3 is 6.61 Å². The Morgan fingerprint density at radius 2 is 1.71 bits per heavy atom. The summed E-state index contributed by atoms with van der Waals surface area (Å²) in [7, 11) is 0.913. The van der Waals surface area contributed by atoms with E-state index in [9.17, 15) is 17.2 Å². The van der Waals surface area contributed by atoms with Crippen LogP contribution in [-0.4, -0.2) is 46.4 Å². The van der Waals surface area contributed by atoms with Crippen LogP contribution in [0.5, 0.6) is 5.75 Å². The van der Waals surface area contributed by atoms with Crippen LogP contribution < -0.4 is 15.4 Å². The van der Waals surface area contributed by atoms with E-state index in [1.807, 2.05) is 6.92 Å². The van der Waals surface area contributed by atoms with Gasteiger partial charge in [-0.05, 0) is 24.6 Å². The van der Waals surface area contributed by atoms with E-state index in [2.05, 4.69) is 20.4 Å². The van der Waals surface area contributed by atoms with Crippen molar-refractivity contribution in [3.8, 4) is 5.75 Å². The predicted molar refractivity (Wildman–Crippen MR) is 128 cm³/mol. The third-order valence-electron chi connectivity index (χ3n) is 4.28. The molecule has 0 fully saturated rings. The highest BCUT2D eigenvalue weighted by molar-refractivity contribution is 14.0. The third kappa shape index (κ3) is 7.58. The van der Waals surface area contributed by atoms with Crippen LogP contribution in [0.2, 0.25) is 0 Å². The number of rotatable bonds is 8. The number of sulfonamides is 1. The summed E-state index contributed by atoms with van der Waals surface area (Å²) in [4.78, 5) is 4.30. The smallest absolute Gasteiger partial charge is 0.387 e. The molecule has 2 N–H and O–H groups in total. The van der Waals surface area contributed by atoms with Gasteiger partial charge in [0.15, 0.2) is 5.96 Å². The quantitative estimate of drug-likeness (QED) is 0.290. The molecule has 0 atom stereocenters. The molecule has 172 valence electrons. The van der Waals surface area contributed by atoms with Gasteiger partial charge in [-0.15, -0.1) is 24.0 Å². The largest absolute Gasteiger partial charge is 0.434 e. The molecule has 0 unspecified atom stereocenters. The minimum absolute atomic E-state index is 0. The van der Waals surface area contributed by atoms with Crippen LogP contribution in [0.15, 0.2) is 52.4 Å². The molecular weight excluding hydrogens is 541 g/mol. The SMILES string of the molecule is CN=C(NCc1cc(C)ccc1OC(F)F)NCc1ccccc1S(=O)(=O)N(C)C.I. The fourth-order valence-electron chi connectivity index (χ4n) is 2.73. The Kier molecular flexibility index (Phi) is 10.6. The standard InChI is InChI=1S/C20H26F2N4O3S.HI/c1-14-9-10-17(29-19(21)22)16(11-14)13-25-20(23-2)24-12-15-7-5-6-8-18(15)30(27,28)26(3)4;/h5-11,19H,12-13H2,1-4H3,(H2,23,24,25);1H. The number of aliphatic imine (C=N–C) groups is 1. The number of guanidine groups is 1. The lowest BCUT2D eigenvalue weighted by Gasteiger charge is -2.17. The van der Waals surface area contributed by atoms with E-state index in [1.54, 1.807) is 43.4 Å². The van der Waals surface area contributed by atoms with E-state index < -0.39 is 16.6 Å². The van der Waals surface area contributed by atoms with Gasteiger partial charge in [0.05, 0.1) is 4.90 Å². The Balaban J connectivity index is 0.00000480. The molecule has 0 bridgehead atoms. The molecule has 11 heteroatoms. The molecule has 2 rings (SSSR count). The third-order valence-corrected chi connectivity index (χ3v) is 6.19. The Bertz CT molecular complexity index is 1000. The van der Waals surface area contributed by atoms with Crippen molar-refractivity contribution in [1.29, 1.82) is 0 Å². The molecule has 7 nitrogen and oxygen atoms in total. The van der Waals surface area contributed by atoms with Crippen LogP contribution >= 0.6 is 24.0 Å². The van der Waals surface area contributed by atoms with Crippen LogP contribution in [0.1, 0.15) is 16.7 Å². The Hall–Kier alpha value is -1.99.